The van der Waals surface area contributed by atoms with E-state index in [4.69, 9.17) is 14.7 Å². The van der Waals surface area contributed by atoms with Crippen molar-refractivity contribution in [3.05, 3.63) is 33.9 Å². The Bertz CT molecular complexity index is 746. The number of benzene rings is 1. The number of non-ortho nitro benzene ring substituents is 1. The molecule has 1 fully saturated rings. The maximum absolute atomic E-state index is 12.9. The van der Waals surface area contributed by atoms with Crippen LogP contribution in [0.5, 0.6) is 0 Å². The first-order valence-electron chi connectivity index (χ1n) is 8.81. The minimum atomic E-state index is -1.58. The molecule has 1 aromatic carbocycles. The fraction of sp³-hybridized carbons (Fsp3) is 0.529. The molecule has 3 rings (SSSR count). The number of anilines is 1. The summed E-state index contributed by atoms with van der Waals surface area (Å²) >= 11 is 0. The number of nitrogens with one attached hydrogen (secondary N) is 1. The van der Waals surface area contributed by atoms with Crippen molar-refractivity contribution in [1.29, 1.82) is 0 Å². The Morgan fingerprint density at radius 3 is 2.63 bits per heavy atom. The zero-order valence-electron chi connectivity index (χ0n) is 14.7. The molecule has 2 aliphatic rings. The molecular formula is C17H21N3O7. The minimum Gasteiger partial charge on any atom is -0.336 e. The lowest BCUT2D eigenvalue weighted by atomic mass is 10.1. The second-order valence-corrected chi connectivity index (χ2v) is 6.43. The number of ether oxygens (including phenoxy) is 2. The zero-order valence-corrected chi connectivity index (χ0v) is 14.7. The molecule has 2 aliphatic heterocycles. The number of carbonyl (C=O) groups is 2. The fourth-order valence-corrected chi connectivity index (χ4v) is 3.42. The van der Waals surface area contributed by atoms with E-state index in [1.165, 1.54) is 12.1 Å². The van der Waals surface area contributed by atoms with Crippen molar-refractivity contribution >= 4 is 23.2 Å². The first kappa shape index (κ1) is 19.2. The molecule has 0 unspecified atom stereocenters. The summed E-state index contributed by atoms with van der Waals surface area (Å²) in [5.41, 5.74) is 2.40. The number of nitro groups is 1. The number of nitro benzene ring substituents is 1. The van der Waals surface area contributed by atoms with Gasteiger partial charge in [-0.3, -0.25) is 24.9 Å². The lowest BCUT2D eigenvalue weighted by molar-refractivity contribution is -0.385. The molecule has 2 amide bonds. The van der Waals surface area contributed by atoms with Crippen LogP contribution < -0.4 is 10.4 Å². The molecule has 0 bridgehead atoms. The summed E-state index contributed by atoms with van der Waals surface area (Å²) in [6, 6.07) is 4.25. The van der Waals surface area contributed by atoms with Gasteiger partial charge in [0.05, 0.1) is 29.4 Å². The number of carbonyl (C=O) groups excluding carboxylic acids is 2. The van der Waals surface area contributed by atoms with E-state index in [2.05, 4.69) is 0 Å². The van der Waals surface area contributed by atoms with Crippen LogP contribution in [0.15, 0.2) is 18.2 Å². The zero-order chi connectivity index (χ0) is 19.4. The van der Waals surface area contributed by atoms with Gasteiger partial charge in [0.2, 0.25) is 5.91 Å². The lowest BCUT2D eigenvalue weighted by Gasteiger charge is -2.22. The van der Waals surface area contributed by atoms with Crippen molar-refractivity contribution in [1.82, 2.24) is 5.48 Å². The van der Waals surface area contributed by atoms with E-state index in [1.807, 2.05) is 0 Å². The number of hydroxylamine groups is 1. The number of unbranched alkanes of at least 4 members (excludes halogenated alkanes) is 3. The molecule has 1 aromatic rings. The molecule has 2 N–H and O–H groups in total. The number of rotatable bonds is 8. The average molecular weight is 379 g/mol. The maximum Gasteiger partial charge on any atom is 0.292 e. The monoisotopic (exact) mass is 379 g/mol. The van der Waals surface area contributed by atoms with Crippen molar-refractivity contribution in [2.75, 3.05) is 24.7 Å². The number of amides is 2. The van der Waals surface area contributed by atoms with Crippen LogP contribution in [-0.2, 0) is 24.8 Å². The molecule has 10 nitrogen and oxygen atoms in total. The van der Waals surface area contributed by atoms with Gasteiger partial charge in [-0.05, 0) is 18.9 Å². The first-order chi connectivity index (χ1) is 13.0. The van der Waals surface area contributed by atoms with Gasteiger partial charge in [0.25, 0.3) is 17.4 Å². The smallest absolute Gasteiger partial charge is 0.292 e. The number of nitrogens with zero attached hydrogens (tertiary/aromatic N) is 2. The molecule has 0 aromatic heterocycles. The van der Waals surface area contributed by atoms with Crippen LogP contribution in [0.1, 0.15) is 37.7 Å². The molecule has 146 valence electrons. The van der Waals surface area contributed by atoms with Crippen molar-refractivity contribution in [2.45, 2.75) is 37.9 Å². The summed E-state index contributed by atoms with van der Waals surface area (Å²) in [6.45, 7) is 0.910. The second-order valence-electron chi connectivity index (χ2n) is 6.43. The van der Waals surface area contributed by atoms with Gasteiger partial charge < -0.3 is 14.4 Å². The molecule has 1 saturated heterocycles. The number of fused-ring (bicyclic) bond motifs is 2. The fourth-order valence-electron chi connectivity index (χ4n) is 3.42. The van der Waals surface area contributed by atoms with Gasteiger partial charge in [0, 0.05) is 25.1 Å². The van der Waals surface area contributed by atoms with E-state index in [0.717, 1.165) is 12.8 Å². The Labute approximate surface area is 155 Å². The van der Waals surface area contributed by atoms with Crippen LogP contribution in [0.25, 0.3) is 0 Å². The Balaban J connectivity index is 1.68. The van der Waals surface area contributed by atoms with Crippen molar-refractivity contribution in [3.63, 3.8) is 0 Å². The van der Waals surface area contributed by atoms with Crippen LogP contribution in [0.2, 0.25) is 0 Å². The van der Waals surface area contributed by atoms with E-state index >= 15 is 0 Å². The second kappa shape index (κ2) is 7.99. The Morgan fingerprint density at radius 1 is 1.26 bits per heavy atom. The SMILES string of the molecule is O=C(CCCCCCN1C(=O)C2(OCCO2)c2cc([N+](=O)[O-])ccc21)NO. The van der Waals surface area contributed by atoms with Gasteiger partial charge in [-0.1, -0.05) is 12.8 Å². The van der Waals surface area contributed by atoms with Crippen LogP contribution in [-0.4, -0.2) is 41.7 Å². The quantitative estimate of drug-likeness (QED) is 0.303. The van der Waals surface area contributed by atoms with Gasteiger partial charge in [-0.2, -0.15) is 0 Å². The van der Waals surface area contributed by atoms with Gasteiger partial charge >= 0.3 is 0 Å². The maximum atomic E-state index is 12.9. The molecule has 10 heteroatoms. The summed E-state index contributed by atoms with van der Waals surface area (Å²) < 4.78 is 11.2. The molecule has 2 heterocycles. The molecule has 0 saturated carbocycles. The Morgan fingerprint density at radius 2 is 1.96 bits per heavy atom. The van der Waals surface area contributed by atoms with Crippen LogP contribution in [0.3, 0.4) is 0 Å². The topological polar surface area (TPSA) is 131 Å². The Kier molecular flexibility index (Phi) is 5.68. The van der Waals surface area contributed by atoms with E-state index in [-0.39, 0.29) is 31.2 Å². The van der Waals surface area contributed by atoms with E-state index in [1.54, 1.807) is 16.4 Å². The predicted octanol–water partition coefficient (Wildman–Crippen LogP) is 1.60. The highest BCUT2D eigenvalue weighted by Crippen LogP contribution is 2.47. The summed E-state index contributed by atoms with van der Waals surface area (Å²) in [5.74, 6) is -2.37. The van der Waals surface area contributed by atoms with Gasteiger partial charge in [0.1, 0.15) is 0 Å². The standard InChI is InChI=1S/C17H21N3O7/c21-15(18-23)5-3-1-2-4-8-19-14-7-6-12(20(24)25)11-13(14)17(16(19)22)26-9-10-27-17/h6-7,11,23H,1-5,8-10H2,(H,18,21). The summed E-state index contributed by atoms with van der Waals surface area (Å²) in [5, 5.41) is 19.5. The third-order valence-corrected chi connectivity index (χ3v) is 4.72. The van der Waals surface area contributed by atoms with Crippen molar-refractivity contribution in [3.8, 4) is 0 Å². The molecule has 0 aliphatic carbocycles. The van der Waals surface area contributed by atoms with E-state index in [0.29, 0.717) is 30.6 Å². The summed E-state index contributed by atoms with van der Waals surface area (Å²) in [4.78, 5) is 36.0. The molecule has 0 atom stereocenters. The molecule has 27 heavy (non-hydrogen) atoms. The van der Waals surface area contributed by atoms with E-state index in [9.17, 15) is 19.7 Å². The largest absolute Gasteiger partial charge is 0.336 e. The third kappa shape index (κ3) is 3.64. The minimum absolute atomic E-state index is 0.121. The van der Waals surface area contributed by atoms with Crippen LogP contribution in [0, 0.1) is 10.1 Å². The highest BCUT2D eigenvalue weighted by Gasteiger charge is 2.56. The van der Waals surface area contributed by atoms with Crippen molar-refractivity contribution in [2.24, 2.45) is 0 Å². The van der Waals surface area contributed by atoms with Crippen LogP contribution in [0.4, 0.5) is 11.4 Å². The van der Waals surface area contributed by atoms with E-state index < -0.39 is 16.6 Å². The number of hydrogen-bond donors (Lipinski definition) is 2. The van der Waals surface area contributed by atoms with Gasteiger partial charge in [-0.15, -0.1) is 0 Å². The predicted molar refractivity (Wildman–Crippen MR) is 92.0 cm³/mol. The lowest BCUT2D eigenvalue weighted by Crippen LogP contribution is -2.41. The summed E-state index contributed by atoms with van der Waals surface area (Å²) in [7, 11) is 0. The summed E-state index contributed by atoms with van der Waals surface area (Å²) in [6.07, 6.45) is 3.15. The highest BCUT2D eigenvalue weighted by molar-refractivity contribution is 6.06. The normalized spacial score (nSPS) is 17.4. The molecule has 0 radical (unpaired) electrons. The average Bonchev–Trinajstić information content (AvgIpc) is 3.24. The van der Waals surface area contributed by atoms with Gasteiger partial charge in [-0.25, -0.2) is 5.48 Å². The molecule has 1 spiro atoms. The first-order valence-corrected chi connectivity index (χ1v) is 8.81. The van der Waals surface area contributed by atoms with Crippen molar-refractivity contribution < 1.29 is 29.2 Å². The van der Waals surface area contributed by atoms with Crippen LogP contribution >= 0.6 is 0 Å². The third-order valence-electron chi connectivity index (χ3n) is 4.72. The number of hydrogen-bond acceptors (Lipinski definition) is 7. The highest BCUT2D eigenvalue weighted by atomic mass is 16.7. The Hall–Kier alpha value is -2.56. The van der Waals surface area contributed by atoms with Gasteiger partial charge in [0.15, 0.2) is 0 Å². The molecular weight excluding hydrogens is 358 g/mol.